The fourth-order valence-corrected chi connectivity index (χ4v) is 4.42. The summed E-state index contributed by atoms with van der Waals surface area (Å²) in [5, 5.41) is 3.02. The SMILES string of the molecule is CCC(CC)NC(=O)N1CCCN(S(=O)(=O)c2ccc(C)cc2)CC1. The van der Waals surface area contributed by atoms with E-state index in [1.165, 1.54) is 4.31 Å². The van der Waals surface area contributed by atoms with E-state index in [-0.39, 0.29) is 12.1 Å². The molecule has 7 heteroatoms. The molecule has 1 N–H and O–H groups in total. The Kier molecular flexibility index (Phi) is 6.84. The molecule has 0 spiro atoms. The van der Waals surface area contributed by atoms with E-state index in [0.717, 1.165) is 18.4 Å². The quantitative estimate of drug-likeness (QED) is 0.870. The van der Waals surface area contributed by atoms with Crippen molar-refractivity contribution in [3.63, 3.8) is 0 Å². The zero-order valence-electron chi connectivity index (χ0n) is 15.4. The zero-order chi connectivity index (χ0) is 18.4. The maximum atomic E-state index is 12.8. The van der Waals surface area contributed by atoms with Gasteiger partial charge < -0.3 is 10.2 Å². The lowest BCUT2D eigenvalue weighted by atomic mass is 10.2. The lowest BCUT2D eigenvalue weighted by molar-refractivity contribution is 0.195. The molecule has 6 nitrogen and oxygen atoms in total. The van der Waals surface area contributed by atoms with Gasteiger partial charge >= 0.3 is 6.03 Å². The Morgan fingerprint density at radius 2 is 1.72 bits per heavy atom. The van der Waals surface area contributed by atoms with Crippen molar-refractivity contribution in [1.82, 2.24) is 14.5 Å². The molecule has 2 amide bonds. The second-order valence-electron chi connectivity index (χ2n) is 6.52. The van der Waals surface area contributed by atoms with Crippen LogP contribution in [0.1, 0.15) is 38.7 Å². The summed E-state index contributed by atoms with van der Waals surface area (Å²) in [6, 6.07) is 6.98. The van der Waals surface area contributed by atoms with Gasteiger partial charge in [0.2, 0.25) is 10.0 Å². The number of hydrogen-bond donors (Lipinski definition) is 1. The molecule has 0 radical (unpaired) electrons. The van der Waals surface area contributed by atoms with Gasteiger partial charge in [0.05, 0.1) is 4.90 Å². The molecule has 1 aromatic rings. The van der Waals surface area contributed by atoms with Gasteiger partial charge in [-0.25, -0.2) is 13.2 Å². The maximum Gasteiger partial charge on any atom is 0.317 e. The third-order valence-electron chi connectivity index (χ3n) is 4.71. The topological polar surface area (TPSA) is 69.7 Å². The number of nitrogens with zero attached hydrogens (tertiary/aromatic N) is 2. The van der Waals surface area contributed by atoms with Crippen LogP contribution < -0.4 is 5.32 Å². The normalized spacial score (nSPS) is 16.7. The summed E-state index contributed by atoms with van der Waals surface area (Å²) in [5.74, 6) is 0. The first kappa shape index (κ1) is 19.7. The van der Waals surface area contributed by atoms with Gasteiger partial charge in [0, 0.05) is 32.2 Å². The van der Waals surface area contributed by atoms with Gasteiger partial charge in [-0.2, -0.15) is 4.31 Å². The molecule has 1 heterocycles. The second kappa shape index (κ2) is 8.67. The number of sulfonamides is 1. The van der Waals surface area contributed by atoms with Crippen molar-refractivity contribution in [2.75, 3.05) is 26.2 Å². The summed E-state index contributed by atoms with van der Waals surface area (Å²) >= 11 is 0. The van der Waals surface area contributed by atoms with Crippen LogP contribution in [-0.4, -0.2) is 55.9 Å². The third-order valence-corrected chi connectivity index (χ3v) is 6.63. The first-order chi connectivity index (χ1) is 11.9. The molecule has 0 aliphatic carbocycles. The van der Waals surface area contributed by atoms with E-state index < -0.39 is 10.0 Å². The summed E-state index contributed by atoms with van der Waals surface area (Å²) in [6.45, 7) is 7.78. The number of carbonyl (C=O) groups is 1. The Morgan fingerprint density at radius 3 is 2.32 bits per heavy atom. The summed E-state index contributed by atoms with van der Waals surface area (Å²) in [5.41, 5.74) is 1.03. The zero-order valence-corrected chi connectivity index (χ0v) is 16.2. The van der Waals surface area contributed by atoms with Crippen molar-refractivity contribution >= 4 is 16.1 Å². The first-order valence-electron chi connectivity index (χ1n) is 9.00. The Morgan fingerprint density at radius 1 is 1.08 bits per heavy atom. The minimum absolute atomic E-state index is 0.0942. The molecule has 2 rings (SSSR count). The Labute approximate surface area is 151 Å². The van der Waals surface area contributed by atoms with E-state index in [1.807, 2.05) is 20.8 Å². The molecule has 0 bridgehead atoms. The molecule has 25 heavy (non-hydrogen) atoms. The lowest BCUT2D eigenvalue weighted by Crippen LogP contribution is -2.46. The molecule has 0 saturated carbocycles. The van der Waals surface area contributed by atoms with Gasteiger partial charge in [-0.05, 0) is 38.3 Å². The summed E-state index contributed by atoms with van der Waals surface area (Å²) in [7, 11) is -3.51. The molecular formula is C18H29N3O3S. The van der Waals surface area contributed by atoms with Gasteiger partial charge in [-0.3, -0.25) is 0 Å². The smallest absolute Gasteiger partial charge is 0.317 e. The fraction of sp³-hybridized carbons (Fsp3) is 0.611. The predicted octanol–water partition coefficient (Wildman–Crippen LogP) is 2.59. The van der Waals surface area contributed by atoms with Crippen molar-refractivity contribution in [1.29, 1.82) is 0 Å². The van der Waals surface area contributed by atoms with Crippen LogP contribution in [0.4, 0.5) is 4.79 Å². The monoisotopic (exact) mass is 367 g/mol. The molecule has 1 aliphatic rings. The first-order valence-corrected chi connectivity index (χ1v) is 10.4. The van der Waals surface area contributed by atoms with E-state index in [0.29, 0.717) is 37.5 Å². The van der Waals surface area contributed by atoms with Gasteiger partial charge in [-0.15, -0.1) is 0 Å². The molecule has 0 atom stereocenters. The van der Waals surface area contributed by atoms with Gasteiger partial charge in [-0.1, -0.05) is 31.5 Å². The highest BCUT2D eigenvalue weighted by atomic mass is 32.2. The van der Waals surface area contributed by atoms with E-state index in [4.69, 9.17) is 0 Å². The number of aryl methyl sites for hydroxylation is 1. The summed E-state index contributed by atoms with van der Waals surface area (Å²) < 4.78 is 27.1. The molecule has 1 aromatic carbocycles. The van der Waals surface area contributed by atoms with Crippen molar-refractivity contribution < 1.29 is 13.2 Å². The highest BCUT2D eigenvalue weighted by Gasteiger charge is 2.28. The lowest BCUT2D eigenvalue weighted by Gasteiger charge is -2.24. The van der Waals surface area contributed by atoms with Crippen LogP contribution in [0, 0.1) is 6.92 Å². The predicted molar refractivity (Wildman–Crippen MR) is 99.0 cm³/mol. The molecular weight excluding hydrogens is 338 g/mol. The second-order valence-corrected chi connectivity index (χ2v) is 8.46. The van der Waals surface area contributed by atoms with Crippen molar-refractivity contribution in [3.05, 3.63) is 29.8 Å². The van der Waals surface area contributed by atoms with Crippen LogP contribution in [0.15, 0.2) is 29.2 Å². The summed E-state index contributed by atoms with van der Waals surface area (Å²) in [4.78, 5) is 14.4. The largest absolute Gasteiger partial charge is 0.335 e. The van der Waals surface area contributed by atoms with Gasteiger partial charge in [0.1, 0.15) is 0 Å². The number of urea groups is 1. The molecule has 1 saturated heterocycles. The number of benzene rings is 1. The fourth-order valence-electron chi connectivity index (χ4n) is 2.96. The molecule has 0 unspecified atom stereocenters. The minimum atomic E-state index is -3.51. The van der Waals surface area contributed by atoms with Crippen molar-refractivity contribution in [3.8, 4) is 0 Å². The number of nitrogens with one attached hydrogen (secondary N) is 1. The van der Waals surface area contributed by atoms with Crippen LogP contribution in [0.5, 0.6) is 0 Å². The van der Waals surface area contributed by atoms with E-state index in [1.54, 1.807) is 29.2 Å². The van der Waals surface area contributed by atoms with E-state index >= 15 is 0 Å². The van der Waals surface area contributed by atoms with Crippen molar-refractivity contribution in [2.24, 2.45) is 0 Å². The highest BCUT2D eigenvalue weighted by molar-refractivity contribution is 7.89. The highest BCUT2D eigenvalue weighted by Crippen LogP contribution is 2.18. The van der Waals surface area contributed by atoms with Crippen molar-refractivity contribution in [2.45, 2.75) is 51.0 Å². The van der Waals surface area contributed by atoms with E-state index in [2.05, 4.69) is 5.32 Å². The average Bonchev–Trinajstić information content (AvgIpc) is 2.86. The summed E-state index contributed by atoms with van der Waals surface area (Å²) in [6.07, 6.45) is 2.43. The Balaban J connectivity index is 2.03. The standard InChI is InChI=1S/C18H29N3O3S/c1-4-16(5-2)19-18(22)20-11-6-12-21(14-13-20)25(23,24)17-9-7-15(3)8-10-17/h7-10,16H,4-6,11-14H2,1-3H3,(H,19,22). The number of hydrogen-bond acceptors (Lipinski definition) is 3. The number of amides is 2. The Hall–Kier alpha value is -1.60. The third kappa shape index (κ3) is 4.95. The Bertz CT molecular complexity index is 669. The van der Waals surface area contributed by atoms with Crippen LogP contribution in [0.2, 0.25) is 0 Å². The van der Waals surface area contributed by atoms with E-state index in [9.17, 15) is 13.2 Å². The maximum absolute atomic E-state index is 12.8. The molecule has 0 aromatic heterocycles. The van der Waals surface area contributed by atoms with Crippen LogP contribution in [0.3, 0.4) is 0 Å². The van der Waals surface area contributed by atoms with Gasteiger partial charge in [0.25, 0.3) is 0 Å². The number of rotatable bonds is 5. The average molecular weight is 368 g/mol. The minimum Gasteiger partial charge on any atom is -0.335 e. The number of carbonyl (C=O) groups excluding carboxylic acids is 1. The van der Waals surface area contributed by atoms with Crippen LogP contribution >= 0.6 is 0 Å². The molecule has 140 valence electrons. The van der Waals surface area contributed by atoms with Gasteiger partial charge in [0.15, 0.2) is 0 Å². The van der Waals surface area contributed by atoms with Crippen LogP contribution in [-0.2, 0) is 10.0 Å². The molecule has 1 aliphatic heterocycles. The molecule has 1 fully saturated rings. The van der Waals surface area contributed by atoms with Crippen LogP contribution in [0.25, 0.3) is 0 Å².